The Bertz CT molecular complexity index is 810. The summed E-state index contributed by atoms with van der Waals surface area (Å²) in [5, 5.41) is 2.48. The average molecular weight is 327 g/mol. The van der Waals surface area contributed by atoms with Gasteiger partial charge in [-0.2, -0.15) is 0 Å². The van der Waals surface area contributed by atoms with Gasteiger partial charge in [-0.3, -0.25) is 4.79 Å². The molecule has 0 saturated carbocycles. The molecule has 0 aliphatic heterocycles. The Morgan fingerprint density at radius 3 is 2.83 bits per heavy atom. The number of nitrogens with one attached hydrogen (secondary N) is 1. The van der Waals surface area contributed by atoms with Gasteiger partial charge in [-0.1, -0.05) is 18.9 Å². The Morgan fingerprint density at radius 2 is 2.12 bits per heavy atom. The maximum atomic E-state index is 14.4. The lowest BCUT2D eigenvalue weighted by atomic mass is 10.2. The van der Waals surface area contributed by atoms with Crippen molar-refractivity contribution in [3.05, 3.63) is 47.4 Å². The first kappa shape index (κ1) is 17.3. The monoisotopic (exact) mass is 327 g/mol. The van der Waals surface area contributed by atoms with Crippen LogP contribution < -0.4 is 15.8 Å². The second kappa shape index (κ2) is 7.97. The molecule has 1 heterocycles. The third-order valence-corrected chi connectivity index (χ3v) is 3.12. The van der Waals surface area contributed by atoms with E-state index in [-0.39, 0.29) is 29.4 Å². The lowest BCUT2D eigenvalue weighted by molar-refractivity contribution is 0.102. The van der Waals surface area contributed by atoms with Gasteiger partial charge in [0.1, 0.15) is 12.4 Å². The first-order valence-corrected chi connectivity index (χ1v) is 7.44. The van der Waals surface area contributed by atoms with Crippen molar-refractivity contribution in [3.8, 4) is 17.6 Å². The predicted molar refractivity (Wildman–Crippen MR) is 91.3 cm³/mol. The van der Waals surface area contributed by atoms with E-state index in [2.05, 4.69) is 22.1 Å². The predicted octanol–water partition coefficient (Wildman–Crippen LogP) is 3.16. The molecule has 1 aromatic carbocycles. The van der Waals surface area contributed by atoms with Crippen molar-refractivity contribution >= 4 is 17.4 Å². The first-order valence-electron chi connectivity index (χ1n) is 7.44. The minimum atomic E-state index is -0.664. The molecule has 124 valence electrons. The Hall–Kier alpha value is -3.07. The molecule has 0 bridgehead atoms. The molecule has 0 fully saturated rings. The lowest BCUT2D eigenvalue weighted by Gasteiger charge is -2.11. The van der Waals surface area contributed by atoms with E-state index in [1.807, 2.05) is 6.92 Å². The molecule has 1 aromatic heterocycles. The highest BCUT2D eigenvalue weighted by Crippen LogP contribution is 2.25. The summed E-state index contributed by atoms with van der Waals surface area (Å²) < 4.78 is 19.7. The molecule has 2 aromatic rings. The van der Waals surface area contributed by atoms with Gasteiger partial charge >= 0.3 is 0 Å². The SMILES string of the molecule is CCC#CCOc1cccc(NC(=O)c2ccc(C)nc2N)c1F. The minimum Gasteiger partial charge on any atom is -0.478 e. The Morgan fingerprint density at radius 1 is 1.33 bits per heavy atom. The van der Waals surface area contributed by atoms with Crippen molar-refractivity contribution in [2.45, 2.75) is 20.3 Å². The van der Waals surface area contributed by atoms with Gasteiger partial charge in [0.05, 0.1) is 11.3 Å². The number of hydrogen-bond donors (Lipinski definition) is 2. The van der Waals surface area contributed by atoms with Gasteiger partial charge in [0.2, 0.25) is 0 Å². The number of aryl methyl sites for hydroxylation is 1. The van der Waals surface area contributed by atoms with E-state index in [1.54, 1.807) is 25.1 Å². The number of pyridine rings is 1. The van der Waals surface area contributed by atoms with E-state index < -0.39 is 11.7 Å². The highest BCUT2D eigenvalue weighted by Gasteiger charge is 2.15. The summed E-state index contributed by atoms with van der Waals surface area (Å²) in [4.78, 5) is 16.3. The van der Waals surface area contributed by atoms with Crippen molar-refractivity contribution in [3.63, 3.8) is 0 Å². The van der Waals surface area contributed by atoms with E-state index >= 15 is 0 Å². The van der Waals surface area contributed by atoms with Crippen LogP contribution in [0.2, 0.25) is 0 Å². The van der Waals surface area contributed by atoms with Crippen LogP contribution in [0.25, 0.3) is 0 Å². The summed E-state index contributed by atoms with van der Waals surface area (Å²) in [5.41, 5.74) is 6.61. The van der Waals surface area contributed by atoms with Crippen molar-refractivity contribution in [2.75, 3.05) is 17.7 Å². The van der Waals surface area contributed by atoms with Crippen molar-refractivity contribution in [1.82, 2.24) is 4.98 Å². The molecular weight excluding hydrogens is 309 g/mol. The standard InChI is InChI=1S/C18H18FN3O2/c1-3-4-5-11-24-15-8-6-7-14(16(15)19)22-18(23)13-10-9-12(2)21-17(13)20/h6-10H,3,11H2,1-2H3,(H2,20,21)(H,22,23). The van der Waals surface area contributed by atoms with E-state index in [9.17, 15) is 9.18 Å². The second-order valence-corrected chi connectivity index (χ2v) is 4.95. The molecule has 2 rings (SSSR count). The van der Waals surface area contributed by atoms with E-state index in [1.165, 1.54) is 12.1 Å². The molecule has 0 aliphatic carbocycles. The van der Waals surface area contributed by atoms with Crippen LogP contribution in [0.3, 0.4) is 0 Å². The maximum Gasteiger partial charge on any atom is 0.259 e. The molecule has 24 heavy (non-hydrogen) atoms. The maximum absolute atomic E-state index is 14.4. The van der Waals surface area contributed by atoms with Gasteiger partial charge in [-0.25, -0.2) is 9.37 Å². The number of anilines is 2. The summed E-state index contributed by atoms with van der Waals surface area (Å²) in [5.74, 6) is 4.50. The van der Waals surface area contributed by atoms with Gasteiger partial charge < -0.3 is 15.8 Å². The van der Waals surface area contributed by atoms with Crippen LogP contribution in [-0.4, -0.2) is 17.5 Å². The molecule has 0 aliphatic rings. The molecule has 5 nitrogen and oxygen atoms in total. The highest BCUT2D eigenvalue weighted by atomic mass is 19.1. The molecule has 0 radical (unpaired) electrons. The van der Waals surface area contributed by atoms with Crippen LogP contribution in [0.4, 0.5) is 15.9 Å². The number of nitrogens with two attached hydrogens (primary N) is 1. The summed E-state index contributed by atoms with van der Waals surface area (Å²) in [6.07, 6.45) is 0.702. The number of aromatic nitrogens is 1. The number of ether oxygens (including phenoxy) is 1. The highest BCUT2D eigenvalue weighted by molar-refractivity contribution is 6.07. The number of benzene rings is 1. The van der Waals surface area contributed by atoms with Crippen LogP contribution in [0.1, 0.15) is 29.4 Å². The summed E-state index contributed by atoms with van der Waals surface area (Å²) in [6.45, 7) is 3.76. The Balaban J connectivity index is 2.16. The van der Waals surface area contributed by atoms with Crippen LogP contribution >= 0.6 is 0 Å². The van der Waals surface area contributed by atoms with Crippen LogP contribution in [0, 0.1) is 24.6 Å². The molecule has 0 saturated heterocycles. The summed E-state index contributed by atoms with van der Waals surface area (Å²) in [7, 11) is 0. The number of nitrogen functional groups attached to an aromatic ring is 1. The fourth-order valence-electron chi connectivity index (χ4n) is 1.97. The number of halogens is 1. The smallest absolute Gasteiger partial charge is 0.259 e. The Labute approximate surface area is 140 Å². The van der Waals surface area contributed by atoms with Crippen molar-refractivity contribution in [2.24, 2.45) is 0 Å². The third kappa shape index (κ3) is 4.23. The van der Waals surface area contributed by atoms with Crippen LogP contribution in [-0.2, 0) is 0 Å². The number of carbonyl (C=O) groups excluding carboxylic acids is 1. The van der Waals surface area contributed by atoms with Gasteiger partial charge in [0.25, 0.3) is 5.91 Å². The zero-order valence-corrected chi connectivity index (χ0v) is 13.5. The topological polar surface area (TPSA) is 77.2 Å². The van der Waals surface area contributed by atoms with E-state index in [0.717, 1.165) is 0 Å². The van der Waals surface area contributed by atoms with E-state index in [0.29, 0.717) is 12.1 Å². The van der Waals surface area contributed by atoms with E-state index in [4.69, 9.17) is 10.5 Å². The molecule has 0 spiro atoms. The lowest BCUT2D eigenvalue weighted by Crippen LogP contribution is -2.16. The average Bonchev–Trinajstić information content (AvgIpc) is 2.54. The van der Waals surface area contributed by atoms with Crippen LogP contribution in [0.5, 0.6) is 5.75 Å². The minimum absolute atomic E-state index is 0.000857. The zero-order chi connectivity index (χ0) is 17.5. The molecule has 0 atom stereocenters. The third-order valence-electron chi connectivity index (χ3n) is 3.12. The van der Waals surface area contributed by atoms with Gasteiger partial charge in [-0.15, -0.1) is 5.92 Å². The fraction of sp³-hybridized carbons (Fsp3) is 0.222. The quantitative estimate of drug-likeness (QED) is 0.846. The first-order chi connectivity index (χ1) is 11.5. The molecule has 6 heteroatoms. The molecule has 0 unspecified atom stereocenters. The number of amides is 1. The second-order valence-electron chi connectivity index (χ2n) is 4.95. The number of carbonyl (C=O) groups is 1. The Kier molecular flexibility index (Phi) is 5.74. The van der Waals surface area contributed by atoms with Crippen molar-refractivity contribution < 1.29 is 13.9 Å². The number of hydrogen-bond acceptors (Lipinski definition) is 4. The normalized spacial score (nSPS) is 9.79. The largest absolute Gasteiger partial charge is 0.478 e. The summed E-state index contributed by atoms with van der Waals surface area (Å²) in [6, 6.07) is 7.70. The van der Waals surface area contributed by atoms with Crippen molar-refractivity contribution in [1.29, 1.82) is 0 Å². The molecular formula is C18H18FN3O2. The molecule has 3 N–H and O–H groups in total. The van der Waals surface area contributed by atoms with Gasteiger partial charge in [0, 0.05) is 12.1 Å². The number of rotatable bonds is 4. The number of nitrogens with zero attached hydrogens (tertiary/aromatic N) is 1. The van der Waals surface area contributed by atoms with Gasteiger partial charge in [-0.05, 0) is 31.2 Å². The van der Waals surface area contributed by atoms with Crippen LogP contribution in [0.15, 0.2) is 30.3 Å². The molecule has 1 amide bonds. The van der Waals surface area contributed by atoms with Gasteiger partial charge in [0.15, 0.2) is 11.6 Å². The zero-order valence-electron chi connectivity index (χ0n) is 13.5. The summed E-state index contributed by atoms with van der Waals surface area (Å²) >= 11 is 0. The fourth-order valence-corrected chi connectivity index (χ4v) is 1.97.